The van der Waals surface area contributed by atoms with Gasteiger partial charge in [-0.15, -0.1) is 0 Å². The highest BCUT2D eigenvalue weighted by Crippen LogP contribution is 2.29. The minimum atomic E-state index is -0.656. The van der Waals surface area contributed by atoms with Crippen molar-refractivity contribution in [3.05, 3.63) is 63.3 Å². The lowest BCUT2D eigenvalue weighted by atomic mass is 10.1. The molecule has 0 saturated heterocycles. The molecule has 2 aromatic heterocycles. The molecule has 0 radical (unpaired) electrons. The Labute approximate surface area is 195 Å². The highest BCUT2D eigenvalue weighted by Gasteiger charge is 2.19. The number of fused-ring (bicyclic) bond motifs is 2. The molecule has 0 aliphatic heterocycles. The zero-order valence-electron chi connectivity index (χ0n) is 18.9. The van der Waals surface area contributed by atoms with E-state index in [9.17, 15) is 9.59 Å². The lowest BCUT2D eigenvalue weighted by Gasteiger charge is -2.19. The van der Waals surface area contributed by atoms with Gasteiger partial charge in [0.15, 0.2) is 0 Å². The van der Waals surface area contributed by atoms with E-state index in [0.29, 0.717) is 51.6 Å². The topological polar surface area (TPSA) is 99.1 Å². The van der Waals surface area contributed by atoms with E-state index in [1.165, 1.54) is 0 Å². The van der Waals surface area contributed by atoms with E-state index in [1.54, 1.807) is 39.0 Å². The number of benzene rings is 2. The van der Waals surface area contributed by atoms with Crippen molar-refractivity contribution in [3.8, 4) is 5.75 Å². The van der Waals surface area contributed by atoms with E-state index in [-0.39, 0.29) is 12.1 Å². The number of hydrogen-bond donors (Lipinski definition) is 1. The van der Waals surface area contributed by atoms with Gasteiger partial charge in [-0.2, -0.15) is 5.10 Å². The predicted octanol–water partition coefficient (Wildman–Crippen LogP) is 4.26. The predicted molar refractivity (Wildman–Crippen MR) is 127 cm³/mol. The fourth-order valence-corrected chi connectivity index (χ4v) is 3.82. The number of carbonyl (C=O) groups excluding carboxylic acids is 1. The number of halogens is 1. The molecule has 0 bridgehead atoms. The highest BCUT2D eigenvalue weighted by molar-refractivity contribution is 6.32. The van der Waals surface area contributed by atoms with Gasteiger partial charge in [0.05, 0.1) is 40.2 Å². The van der Waals surface area contributed by atoms with Gasteiger partial charge in [-0.3, -0.25) is 9.59 Å². The molecule has 9 heteroatoms. The van der Waals surface area contributed by atoms with Crippen molar-refractivity contribution < 1.29 is 14.3 Å². The minimum Gasteiger partial charge on any atom is -0.492 e. The summed E-state index contributed by atoms with van der Waals surface area (Å²) in [4.78, 5) is 33.2. The number of carbonyl (C=O) groups is 1. The number of imidazole rings is 1. The SMILES string of the molecule is CCOc1cc2[nH]c(Cc3nn(CC(=O)OC(C)(C)C)c(=O)c4ccccc34)nc2cc1Cl. The summed E-state index contributed by atoms with van der Waals surface area (Å²) in [5, 5.41) is 6.16. The number of rotatable bonds is 6. The number of nitrogens with zero attached hydrogens (tertiary/aromatic N) is 3. The van der Waals surface area contributed by atoms with E-state index in [2.05, 4.69) is 15.1 Å². The van der Waals surface area contributed by atoms with Crippen LogP contribution < -0.4 is 10.3 Å². The number of nitrogens with one attached hydrogen (secondary N) is 1. The number of aromatic nitrogens is 4. The van der Waals surface area contributed by atoms with Gasteiger partial charge in [-0.05, 0) is 39.8 Å². The van der Waals surface area contributed by atoms with E-state index in [4.69, 9.17) is 21.1 Å². The summed E-state index contributed by atoms with van der Waals surface area (Å²) >= 11 is 6.29. The van der Waals surface area contributed by atoms with Crippen LogP contribution in [0.2, 0.25) is 5.02 Å². The average Bonchev–Trinajstić information content (AvgIpc) is 3.11. The number of H-pyrrole nitrogens is 1. The van der Waals surface area contributed by atoms with Gasteiger partial charge in [-0.1, -0.05) is 29.8 Å². The quantitative estimate of drug-likeness (QED) is 0.424. The smallest absolute Gasteiger partial charge is 0.328 e. The van der Waals surface area contributed by atoms with Gasteiger partial charge < -0.3 is 14.5 Å². The van der Waals surface area contributed by atoms with E-state index in [0.717, 1.165) is 10.2 Å². The van der Waals surface area contributed by atoms with Crippen LogP contribution in [0.25, 0.3) is 21.8 Å². The standard InChI is InChI=1S/C24H25ClN4O4/c1-5-32-20-11-19-18(10-16(20)25)26-21(27-19)12-17-14-8-6-7-9-15(14)23(31)29(28-17)13-22(30)33-24(2,3)4/h6-11H,5,12-13H2,1-4H3,(H,26,27). The van der Waals surface area contributed by atoms with Crippen LogP contribution in [0, 0.1) is 0 Å². The molecule has 1 N–H and O–H groups in total. The molecular weight excluding hydrogens is 444 g/mol. The number of esters is 1. The summed E-state index contributed by atoms with van der Waals surface area (Å²) in [6.45, 7) is 7.44. The van der Waals surface area contributed by atoms with Crippen LogP contribution in [-0.4, -0.2) is 37.9 Å². The van der Waals surface area contributed by atoms with Crippen molar-refractivity contribution in [3.63, 3.8) is 0 Å². The molecule has 0 unspecified atom stereocenters. The van der Waals surface area contributed by atoms with E-state index < -0.39 is 11.6 Å². The summed E-state index contributed by atoms with van der Waals surface area (Å²) in [5.41, 5.74) is 1.09. The first-order valence-corrected chi connectivity index (χ1v) is 11.0. The Morgan fingerprint density at radius 3 is 2.61 bits per heavy atom. The highest BCUT2D eigenvalue weighted by atomic mass is 35.5. The van der Waals surface area contributed by atoms with Crippen molar-refractivity contribution in [2.75, 3.05) is 6.61 Å². The van der Waals surface area contributed by atoms with Crippen LogP contribution in [0.15, 0.2) is 41.2 Å². The van der Waals surface area contributed by atoms with Gasteiger partial charge in [0, 0.05) is 11.5 Å². The lowest BCUT2D eigenvalue weighted by Crippen LogP contribution is -2.32. The summed E-state index contributed by atoms with van der Waals surface area (Å²) in [5.74, 6) is 0.700. The second kappa shape index (κ2) is 8.86. The Bertz CT molecular complexity index is 1400. The monoisotopic (exact) mass is 468 g/mol. The Morgan fingerprint density at radius 1 is 1.18 bits per heavy atom. The lowest BCUT2D eigenvalue weighted by molar-refractivity contribution is -0.155. The molecule has 2 aromatic carbocycles. The van der Waals surface area contributed by atoms with Crippen molar-refractivity contribution in [1.82, 2.24) is 19.7 Å². The van der Waals surface area contributed by atoms with Gasteiger partial charge in [0.2, 0.25) is 0 Å². The molecular formula is C24H25ClN4O4. The van der Waals surface area contributed by atoms with Gasteiger partial charge in [0.1, 0.15) is 23.7 Å². The van der Waals surface area contributed by atoms with E-state index in [1.807, 2.05) is 25.1 Å². The third-order valence-electron chi connectivity index (χ3n) is 4.86. The van der Waals surface area contributed by atoms with Crippen LogP contribution in [0.1, 0.15) is 39.2 Å². The molecule has 2 heterocycles. The third kappa shape index (κ3) is 5.01. The Morgan fingerprint density at radius 2 is 1.91 bits per heavy atom. The summed E-state index contributed by atoms with van der Waals surface area (Å²) in [6, 6.07) is 10.7. The van der Waals surface area contributed by atoms with Crippen molar-refractivity contribution in [1.29, 1.82) is 0 Å². The van der Waals surface area contributed by atoms with Crippen molar-refractivity contribution >= 4 is 39.4 Å². The second-order valence-electron chi connectivity index (χ2n) is 8.63. The average molecular weight is 469 g/mol. The molecule has 0 fully saturated rings. The summed E-state index contributed by atoms with van der Waals surface area (Å²) < 4.78 is 12.1. The molecule has 33 heavy (non-hydrogen) atoms. The molecule has 0 aliphatic carbocycles. The van der Waals surface area contributed by atoms with E-state index >= 15 is 0 Å². The fraction of sp³-hybridized carbons (Fsp3) is 0.333. The minimum absolute atomic E-state index is 0.276. The van der Waals surface area contributed by atoms with Crippen LogP contribution in [0.3, 0.4) is 0 Å². The molecule has 0 aliphatic rings. The van der Waals surface area contributed by atoms with Gasteiger partial charge in [0.25, 0.3) is 5.56 Å². The molecule has 4 aromatic rings. The first kappa shape index (κ1) is 22.8. The zero-order chi connectivity index (χ0) is 23.8. The van der Waals surface area contributed by atoms with Crippen LogP contribution in [0.4, 0.5) is 0 Å². The fourth-order valence-electron chi connectivity index (χ4n) is 3.61. The summed E-state index contributed by atoms with van der Waals surface area (Å²) in [6.07, 6.45) is 0.325. The number of aromatic amines is 1. The molecule has 0 amide bonds. The van der Waals surface area contributed by atoms with Gasteiger partial charge >= 0.3 is 5.97 Å². The first-order valence-electron chi connectivity index (χ1n) is 10.7. The van der Waals surface area contributed by atoms with Crippen molar-refractivity contribution in [2.24, 2.45) is 0 Å². The molecule has 0 spiro atoms. The Hall–Kier alpha value is -3.39. The van der Waals surface area contributed by atoms with Crippen LogP contribution >= 0.6 is 11.6 Å². The molecule has 172 valence electrons. The zero-order valence-corrected chi connectivity index (χ0v) is 19.7. The van der Waals surface area contributed by atoms with Crippen molar-refractivity contribution in [2.45, 2.75) is 46.3 Å². The normalized spacial score (nSPS) is 11.8. The molecule has 0 saturated carbocycles. The van der Waals surface area contributed by atoms with Crippen LogP contribution in [0.5, 0.6) is 5.75 Å². The maximum Gasteiger partial charge on any atom is 0.328 e. The second-order valence-corrected chi connectivity index (χ2v) is 9.04. The maximum atomic E-state index is 13.0. The Balaban J connectivity index is 1.73. The van der Waals surface area contributed by atoms with Gasteiger partial charge in [-0.25, -0.2) is 9.67 Å². The Kier molecular flexibility index (Phi) is 6.12. The molecule has 8 nitrogen and oxygen atoms in total. The molecule has 0 atom stereocenters. The summed E-state index contributed by atoms with van der Waals surface area (Å²) in [7, 11) is 0. The first-order chi connectivity index (χ1) is 15.6. The van der Waals surface area contributed by atoms with Crippen LogP contribution in [-0.2, 0) is 22.5 Å². The third-order valence-corrected chi connectivity index (χ3v) is 5.16. The largest absolute Gasteiger partial charge is 0.492 e. The molecule has 4 rings (SSSR count). The number of ether oxygens (including phenoxy) is 2. The number of hydrogen-bond acceptors (Lipinski definition) is 6. The maximum absolute atomic E-state index is 13.0.